The minimum Gasteiger partial charge on any atom is -0.464 e. The van der Waals surface area contributed by atoms with Crippen molar-refractivity contribution in [3.05, 3.63) is 48.3 Å². The summed E-state index contributed by atoms with van der Waals surface area (Å²) in [7, 11) is -2.24. The predicted octanol–water partition coefficient (Wildman–Crippen LogP) is 1.91. The molecule has 6 nitrogen and oxygen atoms in total. The molecule has 2 aliphatic rings. The Morgan fingerprint density at radius 2 is 1.71 bits per heavy atom. The maximum Gasteiger partial charge on any atom is 0.358 e. The van der Waals surface area contributed by atoms with Crippen LogP contribution < -0.4 is 4.72 Å². The minimum atomic E-state index is -3.44. The third-order valence-corrected chi connectivity index (χ3v) is 3.29. The fourth-order valence-corrected chi connectivity index (χ4v) is 2.17. The maximum atomic E-state index is 11.2. The van der Waals surface area contributed by atoms with Crippen LogP contribution in [0.5, 0.6) is 0 Å². The van der Waals surface area contributed by atoms with Crippen LogP contribution in [-0.2, 0) is 14.8 Å². The Morgan fingerprint density at radius 3 is 2.10 bits per heavy atom. The van der Waals surface area contributed by atoms with E-state index in [-0.39, 0.29) is 11.4 Å². The summed E-state index contributed by atoms with van der Waals surface area (Å²) >= 11 is 0. The maximum absolute atomic E-state index is 11.2. The molecule has 7 heteroatoms. The molecule has 0 aromatic carbocycles. The van der Waals surface area contributed by atoms with E-state index in [9.17, 15) is 13.2 Å². The van der Waals surface area contributed by atoms with Crippen molar-refractivity contribution in [3.63, 3.8) is 0 Å². The number of benzene rings is 1. The third kappa shape index (κ3) is 3.79. The number of sulfonamides is 1. The summed E-state index contributed by atoms with van der Waals surface area (Å²) in [5, 5.41) is 0. The molecule has 0 saturated heterocycles. The van der Waals surface area contributed by atoms with Gasteiger partial charge in [-0.1, -0.05) is 24.3 Å². The first-order valence-electron chi connectivity index (χ1n) is 6.02. The Bertz CT molecular complexity index is 734. The molecule has 0 unspecified atom stereocenters. The second-order valence-electron chi connectivity index (χ2n) is 4.34. The average Bonchev–Trinajstić information content (AvgIpc) is 2.41. The number of carbonyl (C=O) groups excluding carboxylic acids is 1. The largest absolute Gasteiger partial charge is 0.464 e. The molecule has 3 rings (SSSR count). The number of ether oxygens (including phenoxy) is 1. The quantitative estimate of drug-likeness (QED) is 0.747. The first-order valence-corrected chi connectivity index (χ1v) is 7.91. The smallest absolute Gasteiger partial charge is 0.358 e. The lowest BCUT2D eigenvalue weighted by Crippen LogP contribution is -2.15. The lowest BCUT2D eigenvalue weighted by Gasteiger charge is -2.10. The Hall–Kier alpha value is -2.41. The van der Waals surface area contributed by atoms with Crippen molar-refractivity contribution in [1.82, 2.24) is 4.98 Å². The van der Waals surface area contributed by atoms with E-state index in [1.165, 1.54) is 36.6 Å². The summed E-state index contributed by atoms with van der Waals surface area (Å²) in [5.74, 6) is -0.693. The van der Waals surface area contributed by atoms with Gasteiger partial charge in [0.25, 0.3) is 0 Å². The van der Waals surface area contributed by atoms with Crippen LogP contribution in [0.2, 0.25) is 0 Å². The number of hydrogen-bond acceptors (Lipinski definition) is 5. The van der Waals surface area contributed by atoms with Gasteiger partial charge in [-0.15, -0.1) is 0 Å². The highest BCUT2D eigenvalue weighted by Gasteiger charge is 2.15. The first-order chi connectivity index (χ1) is 9.90. The molecule has 21 heavy (non-hydrogen) atoms. The topological polar surface area (TPSA) is 85.4 Å². The molecule has 0 saturated carbocycles. The molecule has 1 heterocycles. The highest BCUT2D eigenvalue weighted by atomic mass is 32.2. The summed E-state index contributed by atoms with van der Waals surface area (Å²) in [6, 6.07) is 11.4. The lowest BCUT2D eigenvalue weighted by molar-refractivity contribution is 0.0595. The number of nitrogens with one attached hydrogen (secondary N) is 1. The number of fused-ring (bicyclic) bond motifs is 1. The Kier molecular flexibility index (Phi) is 4.23. The molecule has 1 aromatic rings. The zero-order valence-corrected chi connectivity index (χ0v) is 12.3. The number of methoxy groups -OCH3 is 1. The highest BCUT2D eigenvalue weighted by Crippen LogP contribution is 2.29. The van der Waals surface area contributed by atoms with E-state index in [2.05, 4.69) is 38.7 Å². The first kappa shape index (κ1) is 15.0. The fourth-order valence-electron chi connectivity index (χ4n) is 1.61. The number of aromatic nitrogens is 1. The van der Waals surface area contributed by atoms with Crippen LogP contribution in [0.25, 0.3) is 11.1 Å². The zero-order chi connectivity index (χ0) is 15.5. The fraction of sp³-hybridized carbons (Fsp3) is 0.143. The van der Waals surface area contributed by atoms with Crippen LogP contribution in [0, 0.1) is 0 Å². The van der Waals surface area contributed by atoms with Crippen LogP contribution in [0.1, 0.15) is 10.5 Å². The Morgan fingerprint density at radius 1 is 1.14 bits per heavy atom. The van der Waals surface area contributed by atoms with E-state index < -0.39 is 16.0 Å². The molecule has 2 aliphatic carbocycles. The molecule has 0 bridgehead atoms. The van der Waals surface area contributed by atoms with Crippen LogP contribution >= 0.6 is 0 Å². The van der Waals surface area contributed by atoms with Gasteiger partial charge in [-0.2, -0.15) is 0 Å². The number of rotatable bonds is 3. The van der Waals surface area contributed by atoms with Gasteiger partial charge in [0.05, 0.1) is 19.1 Å². The molecule has 0 fully saturated rings. The van der Waals surface area contributed by atoms with Gasteiger partial charge in [0.15, 0.2) is 5.69 Å². The number of carbonyl (C=O) groups is 1. The number of hydrogen-bond donors (Lipinski definition) is 1. The second kappa shape index (κ2) is 5.92. The monoisotopic (exact) mass is 306 g/mol. The molecule has 0 atom stereocenters. The summed E-state index contributed by atoms with van der Waals surface area (Å²) in [4.78, 5) is 14.9. The van der Waals surface area contributed by atoms with E-state index >= 15 is 0 Å². The molecule has 0 amide bonds. The molecule has 110 valence electrons. The van der Waals surface area contributed by atoms with E-state index in [1.807, 2.05) is 0 Å². The SMILES string of the molecule is COC(=O)c1ncccc1NS(C)(=O)=O.c1cc2ccc1-2. The third-order valence-electron chi connectivity index (χ3n) is 2.70. The summed E-state index contributed by atoms with van der Waals surface area (Å²) < 4.78 is 28.6. The van der Waals surface area contributed by atoms with Crippen molar-refractivity contribution in [2.24, 2.45) is 0 Å². The van der Waals surface area contributed by atoms with Gasteiger partial charge in [0.1, 0.15) is 0 Å². The summed E-state index contributed by atoms with van der Waals surface area (Å²) in [6.45, 7) is 0. The molecular weight excluding hydrogens is 292 g/mol. The van der Waals surface area contributed by atoms with Crippen LogP contribution in [-0.4, -0.2) is 32.7 Å². The van der Waals surface area contributed by atoms with Gasteiger partial charge in [-0.25, -0.2) is 18.2 Å². The van der Waals surface area contributed by atoms with Crippen molar-refractivity contribution in [1.29, 1.82) is 0 Å². The molecule has 1 N–H and O–H groups in total. The normalized spacial score (nSPS) is 11.0. The van der Waals surface area contributed by atoms with Crippen LogP contribution in [0.3, 0.4) is 0 Å². The van der Waals surface area contributed by atoms with Gasteiger partial charge in [-0.05, 0) is 23.3 Å². The van der Waals surface area contributed by atoms with Crippen molar-refractivity contribution in [3.8, 4) is 11.1 Å². The highest BCUT2D eigenvalue weighted by molar-refractivity contribution is 7.92. The minimum absolute atomic E-state index is 0.0644. The predicted molar refractivity (Wildman–Crippen MR) is 79.5 cm³/mol. The van der Waals surface area contributed by atoms with Crippen molar-refractivity contribution in [2.75, 3.05) is 18.1 Å². The summed E-state index contributed by atoms with van der Waals surface area (Å²) in [5.41, 5.74) is 2.89. The zero-order valence-electron chi connectivity index (χ0n) is 11.5. The van der Waals surface area contributed by atoms with E-state index in [0.29, 0.717) is 0 Å². The second-order valence-corrected chi connectivity index (χ2v) is 6.09. The van der Waals surface area contributed by atoms with Gasteiger partial charge in [0.2, 0.25) is 10.0 Å². The van der Waals surface area contributed by atoms with Crippen LogP contribution in [0.4, 0.5) is 5.69 Å². The van der Waals surface area contributed by atoms with Crippen molar-refractivity contribution < 1.29 is 17.9 Å². The Labute approximate surface area is 122 Å². The average molecular weight is 306 g/mol. The van der Waals surface area contributed by atoms with Crippen molar-refractivity contribution >= 4 is 21.7 Å². The van der Waals surface area contributed by atoms with Crippen LogP contribution in [0.15, 0.2) is 42.6 Å². The number of nitrogens with zero attached hydrogens (tertiary/aromatic N) is 1. The molecule has 1 aromatic heterocycles. The van der Waals surface area contributed by atoms with Gasteiger partial charge >= 0.3 is 5.97 Å². The van der Waals surface area contributed by atoms with E-state index in [1.54, 1.807) is 0 Å². The van der Waals surface area contributed by atoms with Gasteiger partial charge in [0, 0.05) is 6.20 Å². The molecule has 0 radical (unpaired) electrons. The summed E-state index contributed by atoms with van der Waals surface area (Å²) in [6.07, 6.45) is 2.36. The van der Waals surface area contributed by atoms with E-state index in [0.717, 1.165) is 6.26 Å². The molecule has 0 spiro atoms. The van der Waals surface area contributed by atoms with Gasteiger partial charge < -0.3 is 4.74 Å². The number of anilines is 1. The number of pyridine rings is 1. The Balaban J connectivity index is 0.000000218. The van der Waals surface area contributed by atoms with E-state index in [4.69, 9.17) is 0 Å². The molecule has 0 aliphatic heterocycles. The standard InChI is InChI=1S/C8H10N2O4S.C6H4/c1-14-8(11)7-6(4-3-5-9-7)10-15(2,12)13;1-2-6-4-3-5(1)6/h3-5,10H,1-2H3;1-4H. The van der Waals surface area contributed by atoms with Crippen molar-refractivity contribution in [2.45, 2.75) is 0 Å². The van der Waals surface area contributed by atoms with Gasteiger partial charge in [-0.3, -0.25) is 4.72 Å². The molecular formula is C14H14N2O4S. The number of esters is 1. The lowest BCUT2D eigenvalue weighted by atomic mass is 9.95.